The lowest BCUT2D eigenvalue weighted by molar-refractivity contribution is -0.123. The van der Waals surface area contributed by atoms with Gasteiger partial charge in [-0.15, -0.1) is 0 Å². The zero-order chi connectivity index (χ0) is 18.0. The van der Waals surface area contributed by atoms with Gasteiger partial charge in [-0.2, -0.15) is 0 Å². The number of ketones is 1. The molecule has 136 valence electrons. The van der Waals surface area contributed by atoms with Gasteiger partial charge in [0, 0.05) is 11.8 Å². The number of hydrogen-bond donors (Lipinski definition) is 0. The lowest BCUT2D eigenvalue weighted by Crippen LogP contribution is -2.29. The Bertz CT molecular complexity index is 486. The lowest BCUT2D eigenvalue weighted by atomic mass is 9.78. The van der Waals surface area contributed by atoms with Gasteiger partial charge in [0.25, 0.3) is 0 Å². The molecule has 0 bridgehead atoms. The average Bonchev–Trinajstić information content (AvgIpc) is 2.56. The molecule has 0 aliphatic carbocycles. The first-order chi connectivity index (χ1) is 11.5. The van der Waals surface area contributed by atoms with Crippen LogP contribution < -0.4 is 0 Å². The van der Waals surface area contributed by atoms with E-state index in [9.17, 15) is 4.79 Å². The van der Waals surface area contributed by atoms with E-state index in [1.807, 2.05) is 0 Å². The fourth-order valence-corrected chi connectivity index (χ4v) is 3.29. The Morgan fingerprint density at radius 3 is 2.25 bits per heavy atom. The van der Waals surface area contributed by atoms with Crippen molar-refractivity contribution in [2.75, 3.05) is 19.6 Å². The van der Waals surface area contributed by atoms with Crippen LogP contribution in [0.15, 0.2) is 24.3 Å². The largest absolute Gasteiger partial charge is 0.303 e. The van der Waals surface area contributed by atoms with Crippen molar-refractivity contribution in [1.29, 1.82) is 0 Å². The van der Waals surface area contributed by atoms with Gasteiger partial charge in [-0.05, 0) is 76.7 Å². The second-order valence-electron chi connectivity index (χ2n) is 7.44. The highest BCUT2D eigenvalue weighted by atomic mass is 16.1. The van der Waals surface area contributed by atoms with E-state index in [4.69, 9.17) is 0 Å². The maximum atomic E-state index is 12.4. The molecule has 0 radical (unpaired) electrons. The summed E-state index contributed by atoms with van der Waals surface area (Å²) < 4.78 is 0. The van der Waals surface area contributed by atoms with E-state index in [1.165, 1.54) is 44.5 Å². The number of benzene rings is 1. The summed E-state index contributed by atoms with van der Waals surface area (Å²) in [5.41, 5.74) is 2.15. The average molecular weight is 332 g/mol. The van der Waals surface area contributed by atoms with Crippen LogP contribution in [0.1, 0.15) is 77.8 Å². The Labute approximate surface area is 149 Å². The highest BCUT2D eigenvalue weighted by molar-refractivity contribution is 5.89. The number of nitrogens with zero attached hydrogens (tertiary/aromatic N) is 1. The predicted octanol–water partition coefficient (Wildman–Crippen LogP) is 5.39. The standard InChI is InChI=1S/C22H37NO/c1-6-11-21(24)22(4,5)20-14-9-12-19(18-20)13-10-17-23(15-7-2)16-8-3/h9,12,14,18H,6-8,10-11,13,15-17H2,1-5H3. The molecule has 1 aromatic rings. The Morgan fingerprint density at radius 2 is 1.67 bits per heavy atom. The lowest BCUT2D eigenvalue weighted by Gasteiger charge is -2.24. The molecule has 0 amide bonds. The maximum absolute atomic E-state index is 12.4. The number of aryl methyl sites for hydroxylation is 1. The molecule has 0 saturated heterocycles. The molecule has 0 aliphatic heterocycles. The van der Waals surface area contributed by atoms with Crippen LogP contribution in [0.4, 0.5) is 0 Å². The second kappa shape index (κ2) is 10.7. The van der Waals surface area contributed by atoms with Crippen molar-refractivity contribution < 1.29 is 4.79 Å². The van der Waals surface area contributed by atoms with E-state index in [1.54, 1.807) is 0 Å². The first-order valence-electron chi connectivity index (χ1n) is 9.80. The van der Waals surface area contributed by atoms with Gasteiger partial charge in [0.15, 0.2) is 0 Å². The van der Waals surface area contributed by atoms with Crippen LogP contribution in [-0.4, -0.2) is 30.3 Å². The third-order valence-corrected chi connectivity index (χ3v) is 4.84. The monoisotopic (exact) mass is 331 g/mol. The molecule has 0 unspecified atom stereocenters. The van der Waals surface area contributed by atoms with E-state index < -0.39 is 0 Å². The van der Waals surface area contributed by atoms with Gasteiger partial charge in [0.2, 0.25) is 0 Å². The van der Waals surface area contributed by atoms with Crippen LogP contribution in [-0.2, 0) is 16.6 Å². The van der Waals surface area contributed by atoms with Gasteiger partial charge in [-0.25, -0.2) is 0 Å². The van der Waals surface area contributed by atoms with Gasteiger partial charge < -0.3 is 4.90 Å². The van der Waals surface area contributed by atoms with Crippen molar-refractivity contribution in [3.63, 3.8) is 0 Å². The molecule has 0 aromatic heterocycles. The minimum absolute atomic E-state index is 0.346. The summed E-state index contributed by atoms with van der Waals surface area (Å²) in [6.45, 7) is 14.3. The summed E-state index contributed by atoms with van der Waals surface area (Å²) >= 11 is 0. The highest BCUT2D eigenvalue weighted by Crippen LogP contribution is 2.27. The van der Waals surface area contributed by atoms with E-state index in [-0.39, 0.29) is 5.41 Å². The third kappa shape index (κ3) is 6.39. The zero-order valence-corrected chi connectivity index (χ0v) is 16.5. The highest BCUT2D eigenvalue weighted by Gasteiger charge is 2.28. The molecule has 0 spiro atoms. The topological polar surface area (TPSA) is 20.3 Å². The molecule has 0 atom stereocenters. The summed E-state index contributed by atoms with van der Waals surface area (Å²) in [7, 11) is 0. The molecule has 24 heavy (non-hydrogen) atoms. The van der Waals surface area contributed by atoms with Crippen molar-refractivity contribution in [2.24, 2.45) is 0 Å². The Kier molecular flexibility index (Phi) is 9.28. The number of carbonyl (C=O) groups excluding carboxylic acids is 1. The van der Waals surface area contributed by atoms with E-state index in [0.29, 0.717) is 12.2 Å². The number of carbonyl (C=O) groups is 1. The number of Topliss-reactive ketones (excluding diaryl/α,β-unsaturated/α-hetero) is 1. The smallest absolute Gasteiger partial charge is 0.142 e. The van der Waals surface area contributed by atoms with Crippen LogP contribution in [0.25, 0.3) is 0 Å². The summed E-state index contributed by atoms with van der Waals surface area (Å²) in [6, 6.07) is 8.67. The van der Waals surface area contributed by atoms with E-state index >= 15 is 0 Å². The first kappa shape index (κ1) is 20.9. The van der Waals surface area contributed by atoms with Crippen LogP contribution in [0, 0.1) is 0 Å². The fourth-order valence-electron chi connectivity index (χ4n) is 3.29. The molecule has 1 rings (SSSR count). The fraction of sp³-hybridized carbons (Fsp3) is 0.682. The van der Waals surface area contributed by atoms with Crippen LogP contribution >= 0.6 is 0 Å². The molecule has 0 fully saturated rings. The third-order valence-electron chi connectivity index (χ3n) is 4.84. The Balaban J connectivity index is 2.66. The Hall–Kier alpha value is -1.15. The van der Waals surface area contributed by atoms with Crippen molar-refractivity contribution in [3.05, 3.63) is 35.4 Å². The molecule has 0 aliphatic rings. The van der Waals surface area contributed by atoms with Gasteiger partial charge in [-0.1, -0.05) is 45.0 Å². The van der Waals surface area contributed by atoms with Gasteiger partial charge in [-0.3, -0.25) is 4.79 Å². The quantitative estimate of drug-likeness (QED) is 0.512. The Morgan fingerprint density at radius 1 is 1.00 bits per heavy atom. The minimum Gasteiger partial charge on any atom is -0.303 e. The van der Waals surface area contributed by atoms with Gasteiger partial charge in [0.1, 0.15) is 5.78 Å². The van der Waals surface area contributed by atoms with Crippen LogP contribution in [0.3, 0.4) is 0 Å². The van der Waals surface area contributed by atoms with Crippen molar-refractivity contribution >= 4 is 5.78 Å². The molecule has 1 aromatic carbocycles. The first-order valence-corrected chi connectivity index (χ1v) is 9.80. The molecular weight excluding hydrogens is 294 g/mol. The predicted molar refractivity (Wildman–Crippen MR) is 105 cm³/mol. The molecular formula is C22H37NO. The van der Waals surface area contributed by atoms with E-state index in [0.717, 1.165) is 18.4 Å². The van der Waals surface area contributed by atoms with Gasteiger partial charge >= 0.3 is 0 Å². The van der Waals surface area contributed by atoms with Crippen molar-refractivity contribution in [3.8, 4) is 0 Å². The summed E-state index contributed by atoms with van der Waals surface area (Å²) in [5.74, 6) is 0.346. The molecule has 0 N–H and O–H groups in total. The second-order valence-corrected chi connectivity index (χ2v) is 7.44. The minimum atomic E-state index is -0.373. The number of rotatable bonds is 12. The number of hydrogen-bond acceptors (Lipinski definition) is 2. The van der Waals surface area contributed by atoms with Gasteiger partial charge in [0.05, 0.1) is 0 Å². The molecule has 2 heteroatoms. The summed E-state index contributed by atoms with van der Waals surface area (Å²) in [5, 5.41) is 0. The molecule has 0 heterocycles. The zero-order valence-electron chi connectivity index (χ0n) is 16.5. The normalized spacial score (nSPS) is 11.9. The summed E-state index contributed by atoms with van der Waals surface area (Å²) in [4.78, 5) is 15.0. The van der Waals surface area contributed by atoms with E-state index in [2.05, 4.69) is 63.8 Å². The molecule has 2 nitrogen and oxygen atoms in total. The van der Waals surface area contributed by atoms with Crippen LogP contribution in [0.5, 0.6) is 0 Å². The van der Waals surface area contributed by atoms with Crippen molar-refractivity contribution in [2.45, 2.75) is 78.6 Å². The maximum Gasteiger partial charge on any atom is 0.142 e. The summed E-state index contributed by atoms with van der Waals surface area (Å²) in [6.07, 6.45) is 6.32. The van der Waals surface area contributed by atoms with Crippen molar-refractivity contribution in [1.82, 2.24) is 4.90 Å². The SMILES string of the molecule is CCCC(=O)C(C)(C)c1cccc(CCCN(CCC)CCC)c1. The van der Waals surface area contributed by atoms with Crippen LogP contribution in [0.2, 0.25) is 0 Å². The molecule has 0 saturated carbocycles.